The van der Waals surface area contributed by atoms with Gasteiger partial charge in [-0.3, -0.25) is 0 Å². The van der Waals surface area contributed by atoms with Crippen molar-refractivity contribution in [3.8, 4) is 5.75 Å². The van der Waals surface area contributed by atoms with Gasteiger partial charge in [0.05, 0.1) is 12.5 Å². The van der Waals surface area contributed by atoms with Crippen molar-refractivity contribution in [2.24, 2.45) is 9.98 Å². The van der Waals surface area contributed by atoms with Crippen LogP contribution in [-0.2, 0) is 6.61 Å². The van der Waals surface area contributed by atoms with E-state index in [-0.39, 0.29) is 11.3 Å². The summed E-state index contributed by atoms with van der Waals surface area (Å²) >= 11 is 7.75. The van der Waals surface area contributed by atoms with Gasteiger partial charge in [0.1, 0.15) is 35.2 Å². The molecular formula is C25H19ClN2O3S. The van der Waals surface area contributed by atoms with Gasteiger partial charge in [-0.25, -0.2) is 9.98 Å². The van der Waals surface area contributed by atoms with E-state index in [0.29, 0.717) is 16.8 Å². The highest BCUT2D eigenvalue weighted by Crippen LogP contribution is 2.48. The van der Waals surface area contributed by atoms with Crippen LogP contribution in [0.15, 0.2) is 104 Å². The van der Waals surface area contributed by atoms with Crippen molar-refractivity contribution in [1.29, 1.82) is 0 Å². The Morgan fingerprint density at radius 3 is 2.41 bits per heavy atom. The van der Waals surface area contributed by atoms with Crippen LogP contribution >= 0.6 is 23.4 Å². The molecule has 32 heavy (non-hydrogen) atoms. The van der Waals surface area contributed by atoms with E-state index in [4.69, 9.17) is 30.2 Å². The SMILES string of the molecule is Clc1ccccc1COc1ccc(C=NC2=N[C@H](c3ccco3)[C@H](c3ccco3)S2)cc1. The summed E-state index contributed by atoms with van der Waals surface area (Å²) < 4.78 is 17.1. The molecule has 1 aliphatic rings. The predicted molar refractivity (Wildman–Crippen MR) is 128 cm³/mol. The summed E-state index contributed by atoms with van der Waals surface area (Å²) in [7, 11) is 0. The highest BCUT2D eigenvalue weighted by molar-refractivity contribution is 8.14. The molecule has 2 atom stereocenters. The predicted octanol–water partition coefficient (Wildman–Crippen LogP) is 7.11. The average molecular weight is 463 g/mol. The van der Waals surface area contributed by atoms with Crippen LogP contribution in [0.5, 0.6) is 5.75 Å². The maximum Gasteiger partial charge on any atom is 0.184 e. The first-order valence-corrected chi connectivity index (χ1v) is 11.3. The number of hydrogen-bond donors (Lipinski definition) is 0. The number of benzene rings is 2. The molecule has 0 amide bonds. The Kier molecular flexibility index (Phi) is 6.14. The van der Waals surface area contributed by atoms with Crippen molar-refractivity contribution >= 4 is 34.7 Å². The molecule has 5 rings (SSSR count). The molecule has 0 spiro atoms. The van der Waals surface area contributed by atoms with Crippen LogP contribution in [0, 0.1) is 0 Å². The molecule has 160 valence electrons. The first kappa shape index (κ1) is 20.7. The molecule has 0 saturated heterocycles. The fourth-order valence-corrected chi connectivity index (χ4v) is 4.63. The Labute approximate surface area is 194 Å². The smallest absolute Gasteiger partial charge is 0.184 e. The Morgan fingerprint density at radius 1 is 0.938 bits per heavy atom. The Bertz CT molecular complexity index is 1220. The average Bonchev–Trinajstić information content (AvgIpc) is 3.59. The van der Waals surface area contributed by atoms with E-state index >= 15 is 0 Å². The number of rotatable bonds is 6. The minimum Gasteiger partial charge on any atom is -0.489 e. The fraction of sp³-hybridized carbons (Fsp3) is 0.120. The maximum atomic E-state index is 6.18. The van der Waals surface area contributed by atoms with Gasteiger partial charge in [0.25, 0.3) is 0 Å². The molecule has 0 N–H and O–H groups in total. The molecule has 0 unspecified atom stereocenters. The molecule has 0 radical (unpaired) electrons. The second kappa shape index (κ2) is 9.51. The number of halogens is 1. The molecule has 2 aromatic carbocycles. The van der Waals surface area contributed by atoms with Gasteiger partial charge in [-0.2, -0.15) is 0 Å². The summed E-state index contributed by atoms with van der Waals surface area (Å²) in [4.78, 5) is 9.36. The largest absolute Gasteiger partial charge is 0.489 e. The van der Waals surface area contributed by atoms with Crippen LogP contribution in [-0.4, -0.2) is 11.4 Å². The molecule has 4 aromatic rings. The van der Waals surface area contributed by atoms with Gasteiger partial charge in [-0.1, -0.05) is 41.6 Å². The number of furan rings is 2. The lowest BCUT2D eigenvalue weighted by Gasteiger charge is -2.11. The topological polar surface area (TPSA) is 60.2 Å². The van der Waals surface area contributed by atoms with Gasteiger partial charge < -0.3 is 13.6 Å². The van der Waals surface area contributed by atoms with Crippen LogP contribution in [0.3, 0.4) is 0 Å². The minimum atomic E-state index is -0.172. The second-order valence-electron chi connectivity index (χ2n) is 7.13. The molecule has 0 aliphatic carbocycles. The van der Waals surface area contributed by atoms with Crippen molar-refractivity contribution in [2.45, 2.75) is 17.9 Å². The number of thioether (sulfide) groups is 1. The van der Waals surface area contributed by atoms with Crippen molar-refractivity contribution in [3.63, 3.8) is 0 Å². The van der Waals surface area contributed by atoms with E-state index in [1.54, 1.807) is 30.5 Å². The lowest BCUT2D eigenvalue weighted by Crippen LogP contribution is -1.99. The maximum absolute atomic E-state index is 6.18. The van der Waals surface area contributed by atoms with Gasteiger partial charge in [0, 0.05) is 16.8 Å². The summed E-state index contributed by atoms with van der Waals surface area (Å²) in [5.74, 6) is 2.42. The summed E-state index contributed by atoms with van der Waals surface area (Å²) in [6, 6.07) is 22.9. The third-order valence-electron chi connectivity index (χ3n) is 4.98. The van der Waals surface area contributed by atoms with Crippen LogP contribution < -0.4 is 4.74 Å². The lowest BCUT2D eigenvalue weighted by molar-refractivity contribution is 0.306. The fourth-order valence-electron chi connectivity index (χ4n) is 3.35. The van der Waals surface area contributed by atoms with Gasteiger partial charge in [-0.15, -0.1) is 0 Å². The van der Waals surface area contributed by atoms with Gasteiger partial charge in [-0.05, 0) is 60.2 Å². The minimum absolute atomic E-state index is 0.0103. The number of nitrogens with zero attached hydrogens (tertiary/aromatic N) is 2. The van der Waals surface area contributed by atoms with E-state index in [1.165, 1.54) is 0 Å². The van der Waals surface area contributed by atoms with Crippen molar-refractivity contribution in [1.82, 2.24) is 0 Å². The lowest BCUT2D eigenvalue weighted by atomic mass is 10.1. The zero-order valence-electron chi connectivity index (χ0n) is 16.9. The van der Waals surface area contributed by atoms with Gasteiger partial charge in [0.2, 0.25) is 0 Å². The van der Waals surface area contributed by atoms with Gasteiger partial charge >= 0.3 is 0 Å². The summed E-state index contributed by atoms with van der Waals surface area (Å²) in [5.41, 5.74) is 1.91. The van der Waals surface area contributed by atoms with Crippen LogP contribution in [0.25, 0.3) is 0 Å². The summed E-state index contributed by atoms with van der Waals surface area (Å²) in [6.45, 7) is 0.420. The zero-order valence-corrected chi connectivity index (χ0v) is 18.5. The number of aliphatic imine (C=N–C) groups is 2. The third kappa shape index (κ3) is 4.66. The number of hydrogen-bond acceptors (Lipinski definition) is 6. The molecule has 2 aromatic heterocycles. The normalized spacial score (nSPS) is 18.2. The van der Waals surface area contributed by atoms with E-state index in [1.807, 2.05) is 72.8 Å². The van der Waals surface area contributed by atoms with Crippen molar-refractivity contribution in [3.05, 3.63) is 113 Å². The van der Waals surface area contributed by atoms with E-state index < -0.39 is 0 Å². The quantitative estimate of drug-likeness (QED) is 0.286. The molecule has 0 saturated carbocycles. The zero-order chi connectivity index (χ0) is 21.8. The molecule has 7 heteroatoms. The van der Waals surface area contributed by atoms with Crippen LogP contribution in [0.4, 0.5) is 0 Å². The molecule has 0 bridgehead atoms. The second-order valence-corrected chi connectivity index (χ2v) is 8.65. The summed E-state index contributed by atoms with van der Waals surface area (Å²) in [6.07, 6.45) is 5.13. The molecule has 1 aliphatic heterocycles. The molecule has 0 fully saturated rings. The van der Waals surface area contributed by atoms with E-state index in [0.717, 1.165) is 28.4 Å². The Hall–Kier alpha value is -3.22. The number of amidine groups is 1. The third-order valence-corrected chi connectivity index (χ3v) is 6.52. The Balaban J connectivity index is 1.25. The van der Waals surface area contributed by atoms with E-state index in [2.05, 4.69) is 4.99 Å². The highest BCUT2D eigenvalue weighted by atomic mass is 35.5. The molecular weight excluding hydrogens is 444 g/mol. The van der Waals surface area contributed by atoms with E-state index in [9.17, 15) is 0 Å². The summed E-state index contributed by atoms with van der Waals surface area (Å²) in [5, 5.41) is 1.38. The first-order chi connectivity index (χ1) is 15.8. The van der Waals surface area contributed by atoms with Crippen molar-refractivity contribution < 1.29 is 13.6 Å². The Morgan fingerprint density at radius 2 is 1.69 bits per heavy atom. The molecule has 5 nitrogen and oxygen atoms in total. The molecule has 3 heterocycles. The van der Waals surface area contributed by atoms with Crippen LogP contribution in [0.2, 0.25) is 5.02 Å². The highest BCUT2D eigenvalue weighted by Gasteiger charge is 2.36. The standard InChI is InChI=1S/C25H19ClN2O3S/c26-20-6-2-1-5-18(20)16-31-19-11-9-17(10-12-19)15-27-25-28-23(21-7-3-13-29-21)24(32-25)22-8-4-14-30-22/h1-15,23-24H,16H2/t23-,24+/m1/s1. The van der Waals surface area contributed by atoms with Gasteiger partial charge in [0.15, 0.2) is 5.17 Å². The number of ether oxygens (including phenoxy) is 1. The van der Waals surface area contributed by atoms with Crippen LogP contribution in [0.1, 0.15) is 33.9 Å². The first-order valence-electron chi connectivity index (χ1n) is 10.1. The van der Waals surface area contributed by atoms with Crippen molar-refractivity contribution in [2.75, 3.05) is 0 Å². The monoisotopic (exact) mass is 462 g/mol.